The van der Waals surface area contributed by atoms with Crippen molar-refractivity contribution >= 4 is 11.3 Å². The molecule has 0 fully saturated rings. The van der Waals surface area contributed by atoms with E-state index in [9.17, 15) is 5.11 Å². The number of hydrogen-bond donors (Lipinski definition) is 2. The summed E-state index contributed by atoms with van der Waals surface area (Å²) >= 11 is 1.69. The molecule has 0 bridgehead atoms. The van der Waals surface area contributed by atoms with E-state index in [1.54, 1.807) is 37.7 Å². The molecule has 2 rings (SSSR count). The summed E-state index contributed by atoms with van der Waals surface area (Å²) in [5.41, 5.74) is 3.28. The number of thiophene rings is 1. The highest BCUT2D eigenvalue weighted by molar-refractivity contribution is 7.08. The average molecular weight is 307 g/mol. The van der Waals surface area contributed by atoms with Gasteiger partial charge >= 0.3 is 0 Å². The summed E-state index contributed by atoms with van der Waals surface area (Å²) in [6.07, 6.45) is -0.644. The van der Waals surface area contributed by atoms with Gasteiger partial charge in [-0.3, -0.25) is 0 Å². The van der Waals surface area contributed by atoms with Gasteiger partial charge in [-0.05, 0) is 47.0 Å². The first-order valence-corrected chi connectivity index (χ1v) is 7.72. The van der Waals surface area contributed by atoms with Crippen LogP contribution in [-0.4, -0.2) is 25.9 Å². The van der Waals surface area contributed by atoms with Crippen molar-refractivity contribution in [3.05, 3.63) is 45.6 Å². The Kier molecular flexibility index (Phi) is 5.61. The highest BCUT2D eigenvalue weighted by Gasteiger charge is 2.14. The molecule has 2 aromatic rings. The van der Waals surface area contributed by atoms with Crippen molar-refractivity contribution in [3.63, 3.8) is 0 Å². The molecule has 0 saturated heterocycles. The summed E-state index contributed by atoms with van der Waals surface area (Å²) in [5.74, 6) is 1.37. The Morgan fingerprint density at radius 2 is 2.05 bits per heavy atom. The van der Waals surface area contributed by atoms with Crippen molar-refractivity contribution in [1.29, 1.82) is 0 Å². The summed E-state index contributed by atoms with van der Waals surface area (Å²) < 4.78 is 10.5. The Morgan fingerprint density at radius 1 is 1.24 bits per heavy atom. The van der Waals surface area contributed by atoms with Gasteiger partial charge < -0.3 is 19.9 Å². The fourth-order valence-electron chi connectivity index (χ4n) is 2.12. The maximum absolute atomic E-state index is 10.4. The first-order valence-electron chi connectivity index (χ1n) is 6.78. The molecule has 1 aromatic carbocycles. The quantitative estimate of drug-likeness (QED) is 0.826. The molecule has 21 heavy (non-hydrogen) atoms. The first-order chi connectivity index (χ1) is 10.2. The minimum absolute atomic E-state index is 0.457. The molecule has 0 aliphatic heterocycles. The highest BCUT2D eigenvalue weighted by Crippen LogP contribution is 2.29. The lowest BCUT2D eigenvalue weighted by Gasteiger charge is -2.16. The van der Waals surface area contributed by atoms with E-state index in [2.05, 4.69) is 23.0 Å². The molecule has 0 saturated carbocycles. The highest BCUT2D eigenvalue weighted by atomic mass is 32.1. The Balaban J connectivity index is 1.99. The van der Waals surface area contributed by atoms with Crippen LogP contribution in [0, 0.1) is 6.92 Å². The van der Waals surface area contributed by atoms with E-state index in [0.29, 0.717) is 18.0 Å². The predicted molar refractivity (Wildman–Crippen MR) is 85.3 cm³/mol. The lowest BCUT2D eigenvalue weighted by Crippen LogP contribution is -2.21. The van der Waals surface area contributed by atoms with Crippen LogP contribution in [0.3, 0.4) is 0 Å². The number of nitrogens with one attached hydrogen (secondary N) is 1. The topological polar surface area (TPSA) is 50.7 Å². The van der Waals surface area contributed by atoms with Gasteiger partial charge in [0.05, 0.1) is 20.3 Å². The van der Waals surface area contributed by atoms with E-state index in [-0.39, 0.29) is 0 Å². The zero-order chi connectivity index (χ0) is 15.2. The lowest BCUT2D eigenvalue weighted by molar-refractivity contribution is 0.169. The molecule has 1 unspecified atom stereocenters. The van der Waals surface area contributed by atoms with Crippen LogP contribution in [0.4, 0.5) is 0 Å². The summed E-state index contributed by atoms with van der Waals surface area (Å²) in [7, 11) is 3.20. The van der Waals surface area contributed by atoms with Gasteiger partial charge in [0, 0.05) is 18.7 Å². The molecule has 0 aliphatic rings. The van der Waals surface area contributed by atoms with E-state index < -0.39 is 6.10 Å². The number of benzene rings is 1. The van der Waals surface area contributed by atoms with Crippen LogP contribution in [-0.2, 0) is 6.54 Å². The number of aliphatic hydroxyl groups is 1. The molecule has 0 radical (unpaired) electrons. The molecular weight excluding hydrogens is 286 g/mol. The van der Waals surface area contributed by atoms with Gasteiger partial charge in [0.25, 0.3) is 0 Å². The molecule has 1 atom stereocenters. The van der Waals surface area contributed by atoms with Crippen molar-refractivity contribution in [2.75, 3.05) is 20.8 Å². The van der Waals surface area contributed by atoms with Gasteiger partial charge in [-0.2, -0.15) is 11.3 Å². The Labute approximate surface area is 129 Å². The van der Waals surface area contributed by atoms with Gasteiger partial charge in [-0.15, -0.1) is 0 Å². The zero-order valence-corrected chi connectivity index (χ0v) is 13.4. The standard InChI is InChI=1S/C16H21NO3S/c1-11-9-21-10-12(11)7-17-8-15(18)14-6-13(19-2)4-5-16(14)20-3/h4-6,9-10,15,17-18H,7-8H2,1-3H3. The Morgan fingerprint density at radius 3 is 2.67 bits per heavy atom. The van der Waals surface area contributed by atoms with Crippen LogP contribution < -0.4 is 14.8 Å². The molecule has 0 aliphatic carbocycles. The SMILES string of the molecule is COc1ccc(OC)c(C(O)CNCc2cscc2C)c1. The number of ether oxygens (including phenoxy) is 2. The third-order valence-electron chi connectivity index (χ3n) is 3.41. The average Bonchev–Trinajstić information content (AvgIpc) is 2.91. The van der Waals surface area contributed by atoms with Crippen LogP contribution in [0.2, 0.25) is 0 Å². The van der Waals surface area contributed by atoms with E-state index in [1.165, 1.54) is 11.1 Å². The van der Waals surface area contributed by atoms with Crippen LogP contribution in [0.25, 0.3) is 0 Å². The predicted octanol–water partition coefficient (Wildman–Crippen LogP) is 2.90. The largest absolute Gasteiger partial charge is 0.497 e. The number of aliphatic hydroxyl groups excluding tert-OH is 1. The number of rotatable bonds is 7. The van der Waals surface area contributed by atoms with Crippen molar-refractivity contribution in [3.8, 4) is 11.5 Å². The summed E-state index contributed by atoms with van der Waals surface area (Å²) in [6.45, 7) is 3.30. The molecule has 0 spiro atoms. The molecule has 4 nitrogen and oxygen atoms in total. The normalized spacial score (nSPS) is 12.2. The van der Waals surface area contributed by atoms with Crippen LogP contribution in [0.5, 0.6) is 11.5 Å². The second-order valence-corrected chi connectivity index (χ2v) is 5.58. The minimum atomic E-state index is -0.644. The fourth-order valence-corrected chi connectivity index (χ4v) is 2.98. The molecular formula is C16H21NO3S. The van der Waals surface area contributed by atoms with Crippen LogP contribution in [0.15, 0.2) is 29.0 Å². The van der Waals surface area contributed by atoms with Gasteiger partial charge in [-0.1, -0.05) is 0 Å². The third-order valence-corrected chi connectivity index (χ3v) is 4.32. The van der Waals surface area contributed by atoms with E-state index in [0.717, 1.165) is 12.1 Å². The Bertz CT molecular complexity index is 583. The maximum atomic E-state index is 10.4. The second kappa shape index (κ2) is 7.45. The molecule has 0 amide bonds. The molecule has 2 N–H and O–H groups in total. The number of aryl methyl sites for hydroxylation is 1. The summed E-state index contributed by atoms with van der Waals surface area (Å²) in [5, 5.41) is 17.9. The van der Waals surface area contributed by atoms with E-state index in [4.69, 9.17) is 9.47 Å². The van der Waals surface area contributed by atoms with Crippen molar-refractivity contribution in [2.45, 2.75) is 19.6 Å². The lowest BCUT2D eigenvalue weighted by atomic mass is 10.1. The monoisotopic (exact) mass is 307 g/mol. The second-order valence-electron chi connectivity index (χ2n) is 4.83. The van der Waals surface area contributed by atoms with E-state index in [1.807, 2.05) is 6.07 Å². The first kappa shape index (κ1) is 15.8. The zero-order valence-electron chi connectivity index (χ0n) is 12.6. The van der Waals surface area contributed by atoms with Gasteiger partial charge in [0.15, 0.2) is 0 Å². The Hall–Kier alpha value is -1.56. The third kappa shape index (κ3) is 3.97. The molecule has 1 aromatic heterocycles. The van der Waals surface area contributed by atoms with Crippen molar-refractivity contribution in [1.82, 2.24) is 5.32 Å². The maximum Gasteiger partial charge on any atom is 0.124 e. The van der Waals surface area contributed by atoms with Gasteiger partial charge in [0.2, 0.25) is 0 Å². The van der Waals surface area contributed by atoms with Crippen LogP contribution >= 0.6 is 11.3 Å². The molecule has 114 valence electrons. The van der Waals surface area contributed by atoms with Crippen molar-refractivity contribution in [2.24, 2.45) is 0 Å². The summed E-state index contributed by atoms with van der Waals surface area (Å²) in [4.78, 5) is 0. The summed E-state index contributed by atoms with van der Waals surface area (Å²) in [6, 6.07) is 5.43. The van der Waals surface area contributed by atoms with Crippen LogP contribution in [0.1, 0.15) is 22.8 Å². The fraction of sp³-hybridized carbons (Fsp3) is 0.375. The molecule has 1 heterocycles. The van der Waals surface area contributed by atoms with E-state index >= 15 is 0 Å². The van der Waals surface area contributed by atoms with Gasteiger partial charge in [0.1, 0.15) is 11.5 Å². The molecule has 5 heteroatoms. The van der Waals surface area contributed by atoms with Crippen molar-refractivity contribution < 1.29 is 14.6 Å². The number of hydrogen-bond acceptors (Lipinski definition) is 5. The number of methoxy groups -OCH3 is 2. The minimum Gasteiger partial charge on any atom is -0.497 e. The smallest absolute Gasteiger partial charge is 0.124 e. The van der Waals surface area contributed by atoms with Gasteiger partial charge in [-0.25, -0.2) is 0 Å².